The molecule has 0 aliphatic carbocycles. The highest BCUT2D eigenvalue weighted by Crippen LogP contribution is 2.33. The smallest absolute Gasteiger partial charge is 0.191 e. The Morgan fingerprint density at radius 2 is 1.77 bits per heavy atom. The van der Waals surface area contributed by atoms with Gasteiger partial charge in [-0.25, -0.2) is 4.98 Å². The molecule has 0 atom stereocenters. The number of rotatable bonds is 5. The Balaban J connectivity index is 1.56. The van der Waals surface area contributed by atoms with Gasteiger partial charge in [0, 0.05) is 41.7 Å². The summed E-state index contributed by atoms with van der Waals surface area (Å²) in [5, 5.41) is 10.9. The lowest BCUT2D eigenvalue weighted by Gasteiger charge is -2.10. The average molecular weight is 424 g/mol. The molecule has 0 aliphatic heterocycles. The molecule has 0 radical (unpaired) electrons. The fourth-order valence-electron chi connectivity index (χ4n) is 3.54. The van der Waals surface area contributed by atoms with Gasteiger partial charge in [0.15, 0.2) is 11.0 Å². The lowest BCUT2D eigenvalue weighted by Crippen LogP contribution is -1.97. The Kier molecular flexibility index (Phi) is 5.22. The van der Waals surface area contributed by atoms with E-state index in [4.69, 9.17) is 4.98 Å². The minimum Gasteiger partial charge on any atom is -0.305 e. The number of benzene rings is 2. The molecule has 0 N–H and O–H groups in total. The lowest BCUT2D eigenvalue weighted by atomic mass is 10.0. The molecule has 31 heavy (non-hydrogen) atoms. The average Bonchev–Trinajstić information content (AvgIpc) is 3.18. The standard InChI is InChI=1S/C25H21N5S/c1-17-9-11-19(12-10-17)23-14-21(20-7-3-4-8-22(20)27-23)24-28-29-25(30(24)2)31-16-18-6-5-13-26-15-18/h3-15H,16H2,1-2H3. The summed E-state index contributed by atoms with van der Waals surface area (Å²) in [6, 6.07) is 22.8. The molecule has 3 heterocycles. The van der Waals surface area contributed by atoms with Crippen LogP contribution < -0.4 is 0 Å². The molecular weight excluding hydrogens is 402 g/mol. The van der Waals surface area contributed by atoms with Crippen molar-refractivity contribution in [1.82, 2.24) is 24.7 Å². The van der Waals surface area contributed by atoms with Crippen LogP contribution in [0.4, 0.5) is 0 Å². The summed E-state index contributed by atoms with van der Waals surface area (Å²) in [6.45, 7) is 2.09. The van der Waals surface area contributed by atoms with E-state index >= 15 is 0 Å². The van der Waals surface area contributed by atoms with Crippen molar-refractivity contribution < 1.29 is 0 Å². The number of para-hydroxylation sites is 1. The number of aryl methyl sites for hydroxylation is 1. The highest BCUT2D eigenvalue weighted by Gasteiger charge is 2.16. The van der Waals surface area contributed by atoms with Gasteiger partial charge in [-0.05, 0) is 30.7 Å². The minimum absolute atomic E-state index is 0.797. The van der Waals surface area contributed by atoms with Gasteiger partial charge in [0.1, 0.15) is 0 Å². The van der Waals surface area contributed by atoms with Crippen molar-refractivity contribution in [3.05, 3.63) is 90.3 Å². The van der Waals surface area contributed by atoms with Gasteiger partial charge < -0.3 is 4.57 Å². The lowest BCUT2D eigenvalue weighted by molar-refractivity contribution is 0.794. The van der Waals surface area contributed by atoms with Crippen molar-refractivity contribution in [2.24, 2.45) is 7.05 Å². The first-order chi connectivity index (χ1) is 15.2. The number of fused-ring (bicyclic) bond motifs is 1. The number of nitrogens with zero attached hydrogens (tertiary/aromatic N) is 5. The predicted octanol–water partition coefficient (Wildman–Crippen LogP) is 5.69. The molecule has 0 saturated heterocycles. The van der Waals surface area contributed by atoms with Crippen molar-refractivity contribution in [1.29, 1.82) is 0 Å². The normalized spacial score (nSPS) is 11.2. The Morgan fingerprint density at radius 3 is 2.58 bits per heavy atom. The molecule has 0 bridgehead atoms. The summed E-state index contributed by atoms with van der Waals surface area (Å²) in [4.78, 5) is 9.09. The Morgan fingerprint density at radius 1 is 0.935 bits per heavy atom. The number of aromatic nitrogens is 5. The van der Waals surface area contributed by atoms with Crippen LogP contribution in [0.25, 0.3) is 33.5 Å². The molecule has 152 valence electrons. The molecule has 5 aromatic rings. The quantitative estimate of drug-likeness (QED) is 0.340. The Labute approximate surface area is 185 Å². The molecule has 0 aliphatic rings. The second-order valence-electron chi connectivity index (χ2n) is 7.45. The van der Waals surface area contributed by atoms with Gasteiger partial charge in [-0.15, -0.1) is 10.2 Å². The minimum atomic E-state index is 0.797. The molecule has 5 rings (SSSR count). The summed E-state index contributed by atoms with van der Waals surface area (Å²) in [7, 11) is 2.02. The third-order valence-corrected chi connectivity index (χ3v) is 6.32. The first kappa shape index (κ1) is 19.5. The number of hydrogen-bond acceptors (Lipinski definition) is 5. The van der Waals surface area contributed by atoms with E-state index in [1.807, 2.05) is 37.5 Å². The molecular formula is C25H21N5S. The van der Waals surface area contributed by atoms with Crippen LogP contribution >= 0.6 is 11.8 Å². The first-order valence-electron chi connectivity index (χ1n) is 10.1. The first-order valence-corrected chi connectivity index (χ1v) is 11.1. The van der Waals surface area contributed by atoms with Crippen molar-refractivity contribution >= 4 is 22.7 Å². The van der Waals surface area contributed by atoms with E-state index in [-0.39, 0.29) is 0 Å². The predicted molar refractivity (Wildman–Crippen MR) is 126 cm³/mol. The van der Waals surface area contributed by atoms with Crippen LogP contribution in [0.2, 0.25) is 0 Å². The van der Waals surface area contributed by atoms with Crippen LogP contribution in [0.3, 0.4) is 0 Å². The molecule has 0 spiro atoms. The van der Waals surface area contributed by atoms with E-state index in [0.717, 1.165) is 50.0 Å². The van der Waals surface area contributed by atoms with Crippen molar-refractivity contribution in [2.45, 2.75) is 17.8 Å². The highest BCUT2D eigenvalue weighted by atomic mass is 32.2. The van der Waals surface area contributed by atoms with Crippen molar-refractivity contribution in [3.8, 4) is 22.6 Å². The van der Waals surface area contributed by atoms with Crippen molar-refractivity contribution in [3.63, 3.8) is 0 Å². The van der Waals surface area contributed by atoms with Crippen LogP contribution in [0.1, 0.15) is 11.1 Å². The molecule has 2 aromatic carbocycles. The summed E-state index contributed by atoms with van der Waals surface area (Å²) < 4.78 is 2.06. The maximum absolute atomic E-state index is 4.90. The second kappa shape index (κ2) is 8.32. The zero-order chi connectivity index (χ0) is 21.2. The van der Waals surface area contributed by atoms with Crippen LogP contribution in [-0.4, -0.2) is 24.7 Å². The third kappa shape index (κ3) is 3.94. The monoisotopic (exact) mass is 423 g/mol. The van der Waals surface area contributed by atoms with E-state index in [9.17, 15) is 0 Å². The zero-order valence-corrected chi connectivity index (χ0v) is 18.2. The molecule has 0 unspecified atom stereocenters. The van der Waals surface area contributed by atoms with Gasteiger partial charge in [0.25, 0.3) is 0 Å². The molecule has 0 fully saturated rings. The van der Waals surface area contributed by atoms with Gasteiger partial charge in [-0.1, -0.05) is 65.9 Å². The van der Waals surface area contributed by atoms with Crippen LogP contribution in [0.5, 0.6) is 0 Å². The fraction of sp³-hybridized carbons (Fsp3) is 0.120. The highest BCUT2D eigenvalue weighted by molar-refractivity contribution is 7.98. The van der Waals surface area contributed by atoms with Crippen LogP contribution in [0, 0.1) is 6.92 Å². The van der Waals surface area contributed by atoms with Crippen LogP contribution in [-0.2, 0) is 12.8 Å². The molecule has 3 aromatic heterocycles. The SMILES string of the molecule is Cc1ccc(-c2cc(-c3nnc(SCc4cccnc4)n3C)c3ccccc3n2)cc1. The van der Waals surface area contributed by atoms with Crippen LogP contribution in [0.15, 0.2) is 84.3 Å². The zero-order valence-electron chi connectivity index (χ0n) is 17.4. The summed E-state index contributed by atoms with van der Waals surface area (Å²) in [5.74, 6) is 1.63. The summed E-state index contributed by atoms with van der Waals surface area (Å²) in [5.41, 5.74) is 6.39. The Bertz CT molecular complexity index is 1340. The number of pyridine rings is 2. The van der Waals surface area contributed by atoms with E-state index in [1.165, 1.54) is 5.56 Å². The van der Waals surface area contributed by atoms with E-state index < -0.39 is 0 Å². The molecule has 0 amide bonds. The van der Waals surface area contributed by atoms with E-state index in [0.29, 0.717) is 0 Å². The fourth-order valence-corrected chi connectivity index (χ4v) is 4.38. The maximum Gasteiger partial charge on any atom is 0.191 e. The van der Waals surface area contributed by atoms with Gasteiger partial charge >= 0.3 is 0 Å². The topological polar surface area (TPSA) is 56.5 Å². The molecule has 0 saturated carbocycles. The van der Waals surface area contributed by atoms with Gasteiger partial charge in [-0.3, -0.25) is 4.98 Å². The maximum atomic E-state index is 4.90. The van der Waals surface area contributed by atoms with E-state index in [1.54, 1.807) is 18.0 Å². The third-order valence-electron chi connectivity index (χ3n) is 5.23. The summed E-state index contributed by atoms with van der Waals surface area (Å²) in [6.07, 6.45) is 3.67. The molecule has 6 heteroatoms. The van der Waals surface area contributed by atoms with E-state index in [2.05, 4.69) is 69.1 Å². The van der Waals surface area contributed by atoms with Gasteiger partial charge in [-0.2, -0.15) is 0 Å². The number of hydrogen-bond donors (Lipinski definition) is 0. The largest absolute Gasteiger partial charge is 0.305 e. The molecule has 5 nitrogen and oxygen atoms in total. The number of thioether (sulfide) groups is 1. The van der Waals surface area contributed by atoms with Crippen molar-refractivity contribution in [2.75, 3.05) is 0 Å². The summed E-state index contributed by atoms with van der Waals surface area (Å²) >= 11 is 1.66. The van der Waals surface area contributed by atoms with Gasteiger partial charge in [0.2, 0.25) is 0 Å². The van der Waals surface area contributed by atoms with Gasteiger partial charge in [0.05, 0.1) is 11.2 Å². The second-order valence-corrected chi connectivity index (χ2v) is 8.40. The Hall–Kier alpha value is -3.51.